The number of rotatable bonds is 14. The Kier molecular flexibility index (Phi) is 11.4. The Morgan fingerprint density at radius 2 is 1.62 bits per heavy atom. The van der Waals surface area contributed by atoms with Crippen LogP contribution in [0.25, 0.3) is 0 Å². The van der Waals surface area contributed by atoms with E-state index in [1.807, 2.05) is 37.3 Å². The number of methoxy groups -OCH3 is 1. The number of unbranched alkanes of at least 4 members (excludes halogenated alkanes) is 1. The van der Waals surface area contributed by atoms with E-state index in [0.717, 1.165) is 22.7 Å². The van der Waals surface area contributed by atoms with Gasteiger partial charge in [-0.2, -0.15) is 0 Å². The average molecular weight is 586 g/mol. The molecule has 2 amide bonds. The molecule has 10 heteroatoms. The van der Waals surface area contributed by atoms with Gasteiger partial charge in [0.15, 0.2) is 0 Å². The normalized spacial score (nSPS) is 11.9. The van der Waals surface area contributed by atoms with Gasteiger partial charge in [0.2, 0.25) is 11.8 Å². The van der Waals surface area contributed by atoms with Crippen molar-refractivity contribution in [2.24, 2.45) is 0 Å². The zero-order valence-corrected chi connectivity index (χ0v) is 24.6. The van der Waals surface area contributed by atoms with Crippen LogP contribution in [-0.4, -0.2) is 57.9 Å². The van der Waals surface area contributed by atoms with Gasteiger partial charge in [-0.05, 0) is 73.9 Å². The highest BCUT2D eigenvalue weighted by molar-refractivity contribution is 7.92. The number of sulfonamides is 1. The van der Waals surface area contributed by atoms with E-state index >= 15 is 0 Å². The zero-order valence-electron chi connectivity index (χ0n) is 23.0. The molecule has 0 radical (unpaired) electrons. The van der Waals surface area contributed by atoms with Gasteiger partial charge in [-0.1, -0.05) is 55.3 Å². The van der Waals surface area contributed by atoms with Crippen LogP contribution in [0.15, 0.2) is 83.8 Å². The van der Waals surface area contributed by atoms with Gasteiger partial charge in [0, 0.05) is 18.1 Å². The summed E-state index contributed by atoms with van der Waals surface area (Å²) in [6, 6.07) is 21.0. The topological polar surface area (TPSA) is 96.0 Å². The molecule has 1 N–H and O–H groups in total. The number of amides is 2. The van der Waals surface area contributed by atoms with E-state index in [1.165, 1.54) is 24.1 Å². The summed E-state index contributed by atoms with van der Waals surface area (Å²) in [6.45, 7) is 3.93. The summed E-state index contributed by atoms with van der Waals surface area (Å²) in [5.41, 5.74) is 1.27. The van der Waals surface area contributed by atoms with Crippen LogP contribution in [-0.2, 0) is 26.0 Å². The van der Waals surface area contributed by atoms with Crippen LogP contribution in [0.4, 0.5) is 5.69 Å². The van der Waals surface area contributed by atoms with Crippen molar-refractivity contribution in [2.45, 2.75) is 44.0 Å². The van der Waals surface area contributed by atoms with Crippen LogP contribution in [0.3, 0.4) is 0 Å². The Hall–Kier alpha value is -3.56. The number of hydrogen-bond donors (Lipinski definition) is 1. The summed E-state index contributed by atoms with van der Waals surface area (Å²) in [5.74, 6) is -0.282. The summed E-state index contributed by atoms with van der Waals surface area (Å²) >= 11 is 6.06. The molecule has 0 heterocycles. The highest BCUT2D eigenvalue weighted by atomic mass is 35.5. The van der Waals surface area contributed by atoms with Crippen LogP contribution in [0.1, 0.15) is 32.3 Å². The highest BCUT2D eigenvalue weighted by Gasteiger charge is 2.32. The minimum atomic E-state index is -4.16. The summed E-state index contributed by atoms with van der Waals surface area (Å²) in [5, 5.41) is 3.31. The lowest BCUT2D eigenvalue weighted by molar-refractivity contribution is -0.138. The molecule has 0 bridgehead atoms. The van der Waals surface area contributed by atoms with Crippen molar-refractivity contribution in [3.8, 4) is 5.75 Å². The van der Waals surface area contributed by atoms with E-state index in [-0.39, 0.29) is 23.0 Å². The Bertz CT molecular complexity index is 1350. The number of carbonyl (C=O) groups excluding carboxylic acids is 2. The smallest absolute Gasteiger partial charge is 0.264 e. The van der Waals surface area contributed by atoms with Crippen molar-refractivity contribution in [1.82, 2.24) is 10.2 Å². The predicted molar refractivity (Wildman–Crippen MR) is 158 cm³/mol. The molecule has 3 aromatic rings. The third-order valence-electron chi connectivity index (χ3n) is 6.52. The maximum atomic E-state index is 13.9. The molecule has 1 unspecified atom stereocenters. The zero-order chi connectivity index (χ0) is 29.1. The Labute approximate surface area is 241 Å². The fourth-order valence-electron chi connectivity index (χ4n) is 4.12. The summed E-state index contributed by atoms with van der Waals surface area (Å²) in [7, 11) is -2.67. The molecule has 214 valence electrons. The first-order chi connectivity index (χ1) is 19.2. The second kappa shape index (κ2) is 14.7. The molecule has 0 spiro atoms. The molecule has 0 aliphatic rings. The molecule has 0 aliphatic carbocycles. The van der Waals surface area contributed by atoms with Gasteiger partial charge in [-0.15, -0.1) is 0 Å². The Morgan fingerprint density at radius 1 is 0.975 bits per heavy atom. The second-order valence-electron chi connectivity index (χ2n) is 9.31. The number of ether oxygens (including phenoxy) is 1. The SMILES string of the molecule is CCCCNC(=O)C(C)N(CCc1ccccc1)C(=O)CN(c1ccc(Cl)cc1)S(=O)(=O)c1ccc(OC)cc1. The van der Waals surface area contributed by atoms with E-state index in [1.54, 1.807) is 43.3 Å². The maximum Gasteiger partial charge on any atom is 0.264 e. The molecule has 0 saturated carbocycles. The van der Waals surface area contributed by atoms with Gasteiger partial charge < -0.3 is 15.0 Å². The number of nitrogens with zero attached hydrogens (tertiary/aromatic N) is 2. The summed E-state index contributed by atoms with van der Waals surface area (Å²) < 4.78 is 33.9. The van der Waals surface area contributed by atoms with Gasteiger partial charge in [0.25, 0.3) is 10.0 Å². The molecule has 40 heavy (non-hydrogen) atoms. The third kappa shape index (κ3) is 8.22. The van der Waals surface area contributed by atoms with Crippen molar-refractivity contribution >= 4 is 39.1 Å². The van der Waals surface area contributed by atoms with Crippen LogP contribution >= 0.6 is 11.6 Å². The van der Waals surface area contributed by atoms with Gasteiger partial charge in [0.05, 0.1) is 17.7 Å². The van der Waals surface area contributed by atoms with E-state index in [2.05, 4.69) is 5.32 Å². The number of hydrogen-bond acceptors (Lipinski definition) is 5. The van der Waals surface area contributed by atoms with Crippen molar-refractivity contribution < 1.29 is 22.7 Å². The Balaban J connectivity index is 1.94. The van der Waals surface area contributed by atoms with Gasteiger partial charge in [-0.3, -0.25) is 13.9 Å². The third-order valence-corrected chi connectivity index (χ3v) is 8.56. The van der Waals surface area contributed by atoms with E-state index in [4.69, 9.17) is 16.3 Å². The first-order valence-electron chi connectivity index (χ1n) is 13.2. The number of carbonyl (C=O) groups is 2. The van der Waals surface area contributed by atoms with Crippen molar-refractivity contribution in [3.05, 3.63) is 89.4 Å². The molecule has 8 nitrogen and oxygen atoms in total. The second-order valence-corrected chi connectivity index (χ2v) is 11.6. The van der Waals surface area contributed by atoms with Crippen molar-refractivity contribution in [3.63, 3.8) is 0 Å². The molecule has 0 aromatic heterocycles. The number of nitrogens with one attached hydrogen (secondary N) is 1. The van der Waals surface area contributed by atoms with Crippen LogP contribution < -0.4 is 14.4 Å². The number of anilines is 1. The highest BCUT2D eigenvalue weighted by Crippen LogP contribution is 2.27. The predicted octanol–water partition coefficient (Wildman–Crippen LogP) is 4.92. The molecule has 1 atom stereocenters. The van der Waals surface area contributed by atoms with Gasteiger partial charge in [0.1, 0.15) is 18.3 Å². The van der Waals surface area contributed by atoms with E-state index in [0.29, 0.717) is 23.7 Å². The maximum absolute atomic E-state index is 13.9. The standard InChI is InChI=1S/C30H36ClN3O5S/c1-4-5-20-32-30(36)23(2)33(21-19-24-9-7-6-8-10-24)29(35)22-34(26-13-11-25(31)12-14-26)40(37,38)28-17-15-27(39-3)16-18-28/h6-18,23H,4-5,19-22H2,1-3H3,(H,32,36). The van der Waals surface area contributed by atoms with Crippen LogP contribution in [0.5, 0.6) is 5.75 Å². The van der Waals surface area contributed by atoms with E-state index in [9.17, 15) is 18.0 Å². The largest absolute Gasteiger partial charge is 0.497 e. The lowest BCUT2D eigenvalue weighted by Crippen LogP contribution is -2.52. The fourth-order valence-corrected chi connectivity index (χ4v) is 5.66. The lowest BCUT2D eigenvalue weighted by atomic mass is 10.1. The van der Waals surface area contributed by atoms with Gasteiger partial charge in [-0.25, -0.2) is 8.42 Å². The minimum Gasteiger partial charge on any atom is -0.497 e. The molecule has 0 fully saturated rings. The molecular weight excluding hydrogens is 550 g/mol. The molecule has 3 aromatic carbocycles. The number of halogens is 1. The molecule has 0 aliphatic heterocycles. The molecule has 0 saturated heterocycles. The van der Waals surface area contributed by atoms with E-state index < -0.39 is 28.5 Å². The van der Waals surface area contributed by atoms with Crippen molar-refractivity contribution in [1.29, 1.82) is 0 Å². The van der Waals surface area contributed by atoms with Crippen molar-refractivity contribution in [2.75, 3.05) is 31.0 Å². The number of benzene rings is 3. The quantitative estimate of drug-likeness (QED) is 0.271. The fraction of sp³-hybridized carbons (Fsp3) is 0.333. The molecular formula is C30H36ClN3O5S. The van der Waals surface area contributed by atoms with Crippen LogP contribution in [0, 0.1) is 0 Å². The lowest BCUT2D eigenvalue weighted by Gasteiger charge is -2.32. The average Bonchev–Trinajstić information content (AvgIpc) is 2.97. The Morgan fingerprint density at radius 3 is 2.23 bits per heavy atom. The summed E-state index contributed by atoms with van der Waals surface area (Å²) in [6.07, 6.45) is 2.25. The van der Waals surface area contributed by atoms with Gasteiger partial charge >= 0.3 is 0 Å². The molecule has 3 rings (SSSR count). The monoisotopic (exact) mass is 585 g/mol. The minimum absolute atomic E-state index is 0.00255. The first kappa shape index (κ1) is 31.0. The van der Waals surface area contributed by atoms with Crippen LogP contribution in [0.2, 0.25) is 5.02 Å². The summed E-state index contributed by atoms with van der Waals surface area (Å²) in [4.78, 5) is 28.3. The first-order valence-corrected chi connectivity index (χ1v) is 15.0.